The predicted molar refractivity (Wildman–Crippen MR) is 150 cm³/mol. The van der Waals surface area contributed by atoms with Gasteiger partial charge < -0.3 is 8.97 Å². The van der Waals surface area contributed by atoms with Crippen molar-refractivity contribution in [3.05, 3.63) is 79.9 Å². The molecule has 2 fully saturated rings. The first-order valence-electron chi connectivity index (χ1n) is 14.3. The Morgan fingerprint density at radius 1 is 0.632 bits per heavy atom. The van der Waals surface area contributed by atoms with Crippen molar-refractivity contribution in [2.45, 2.75) is 51.4 Å². The average molecular weight is 525 g/mol. The normalized spacial score (nSPS) is 27.6. The van der Waals surface area contributed by atoms with Crippen LogP contribution >= 0.6 is 0 Å². The van der Waals surface area contributed by atoms with Gasteiger partial charge in [-0.1, -0.05) is 24.3 Å². The van der Waals surface area contributed by atoms with Crippen molar-refractivity contribution in [3.63, 3.8) is 0 Å². The molecule has 38 heavy (non-hydrogen) atoms. The molecule has 2 heterocycles. The minimum Gasteiger partial charge on any atom is -0.326 e. The number of hydrogen-bond acceptors (Lipinski definition) is 4. The quantitative estimate of drug-likeness (QED) is 0.212. The van der Waals surface area contributed by atoms with Gasteiger partial charge in [-0.2, -0.15) is 0 Å². The molecule has 2 aromatic carbocycles. The maximum Gasteiger partial charge on any atom is 0.269 e. The molecule has 0 unspecified atom stereocenters. The average Bonchev–Trinajstić information content (AvgIpc) is 2.92. The van der Waals surface area contributed by atoms with Crippen LogP contribution in [0.25, 0.3) is 0 Å². The van der Waals surface area contributed by atoms with Crippen molar-refractivity contribution in [2.24, 2.45) is 11.8 Å². The van der Waals surface area contributed by atoms with Crippen LogP contribution in [0.2, 0.25) is 0 Å². The Hall–Kier alpha value is -2.84. The third-order valence-corrected chi connectivity index (χ3v) is 9.47. The van der Waals surface area contributed by atoms with Gasteiger partial charge in [0.25, 0.3) is 11.4 Å². The van der Waals surface area contributed by atoms with Crippen LogP contribution in [0.3, 0.4) is 0 Å². The Morgan fingerprint density at radius 2 is 0.947 bits per heavy atom. The molecular formula is C30H44N4O4+2. The summed E-state index contributed by atoms with van der Waals surface area (Å²) in [5, 5.41) is 21.7. The lowest BCUT2D eigenvalue weighted by molar-refractivity contribution is -0.915. The highest BCUT2D eigenvalue weighted by Crippen LogP contribution is 2.32. The van der Waals surface area contributed by atoms with Crippen LogP contribution < -0.4 is 0 Å². The van der Waals surface area contributed by atoms with Gasteiger partial charge in [0, 0.05) is 37.1 Å². The summed E-state index contributed by atoms with van der Waals surface area (Å²) in [7, 11) is 4.75. The topological polar surface area (TPSA) is 86.3 Å². The number of likely N-dealkylation sites (tertiary alicyclic amines) is 2. The molecule has 0 amide bonds. The van der Waals surface area contributed by atoms with Gasteiger partial charge in [-0.15, -0.1) is 0 Å². The van der Waals surface area contributed by atoms with E-state index in [-0.39, 0.29) is 21.2 Å². The second kappa shape index (κ2) is 12.3. The Labute approximate surface area is 226 Å². The Morgan fingerprint density at radius 3 is 1.24 bits per heavy atom. The van der Waals surface area contributed by atoms with Crippen molar-refractivity contribution in [1.29, 1.82) is 0 Å². The molecule has 2 aromatic rings. The Balaban J connectivity index is 1.12. The fourth-order valence-corrected chi connectivity index (χ4v) is 6.35. The van der Waals surface area contributed by atoms with E-state index in [0.717, 1.165) is 46.7 Å². The van der Waals surface area contributed by atoms with Crippen molar-refractivity contribution in [1.82, 2.24) is 0 Å². The van der Waals surface area contributed by atoms with E-state index in [1.165, 1.54) is 75.8 Å². The molecule has 0 atom stereocenters. The van der Waals surface area contributed by atoms with Crippen LogP contribution in [0, 0.1) is 32.1 Å². The number of rotatable bonds is 11. The maximum atomic E-state index is 10.9. The standard InChI is InChI=1S/C30H44N4O4/c1-33(19-13-25-5-9-29(10-6-25)31(35)36)21-15-27(16-22-33)3-4-28-17-23-34(2,24-18-28)20-14-26-7-11-30(12-8-26)32(37)38/h5-12,27-28H,3-4,13-24H2,1-2H3/q+2. The van der Waals surface area contributed by atoms with E-state index in [0.29, 0.717) is 0 Å². The zero-order valence-electron chi connectivity index (χ0n) is 23.1. The second-order valence-electron chi connectivity index (χ2n) is 12.4. The molecule has 0 N–H and O–H groups in total. The van der Waals surface area contributed by atoms with E-state index in [1.807, 2.05) is 24.3 Å². The number of likely N-dealkylation sites (N-methyl/N-ethyl adjacent to an activating group) is 2. The lowest BCUT2D eigenvalue weighted by Crippen LogP contribution is -2.51. The number of nitro groups is 2. The van der Waals surface area contributed by atoms with E-state index < -0.39 is 0 Å². The summed E-state index contributed by atoms with van der Waals surface area (Å²) >= 11 is 0. The molecule has 0 saturated carbocycles. The molecule has 2 saturated heterocycles. The van der Waals surface area contributed by atoms with Gasteiger partial charge >= 0.3 is 0 Å². The summed E-state index contributed by atoms with van der Waals surface area (Å²) < 4.78 is 2.23. The number of non-ortho nitro benzene ring substituents is 2. The summed E-state index contributed by atoms with van der Waals surface area (Å²) in [5.74, 6) is 1.70. The molecule has 0 bridgehead atoms. The summed E-state index contributed by atoms with van der Waals surface area (Å²) in [5.41, 5.74) is 2.71. The Bertz CT molecular complexity index is 983. The summed E-state index contributed by atoms with van der Waals surface area (Å²) in [6.45, 7) is 7.15. The van der Waals surface area contributed by atoms with Crippen LogP contribution in [0.15, 0.2) is 48.5 Å². The highest BCUT2D eigenvalue weighted by molar-refractivity contribution is 5.33. The fourth-order valence-electron chi connectivity index (χ4n) is 6.35. The van der Waals surface area contributed by atoms with Gasteiger partial charge in [-0.05, 0) is 61.5 Å². The van der Waals surface area contributed by atoms with Crippen LogP contribution in [0.1, 0.15) is 49.7 Å². The molecule has 0 radical (unpaired) electrons. The fraction of sp³-hybridized carbons (Fsp3) is 0.600. The zero-order chi connectivity index (χ0) is 27.2. The number of hydrogen-bond donors (Lipinski definition) is 0. The molecule has 8 nitrogen and oxygen atoms in total. The number of piperidine rings is 2. The number of benzene rings is 2. The first-order chi connectivity index (χ1) is 18.1. The lowest BCUT2D eigenvalue weighted by atomic mass is 9.84. The van der Waals surface area contributed by atoms with Gasteiger partial charge in [0.15, 0.2) is 0 Å². The molecule has 2 aliphatic rings. The number of nitro benzene ring substituents is 2. The molecule has 0 aliphatic carbocycles. The lowest BCUT2D eigenvalue weighted by Gasteiger charge is -2.42. The van der Waals surface area contributed by atoms with E-state index in [4.69, 9.17) is 0 Å². The van der Waals surface area contributed by atoms with Crippen molar-refractivity contribution in [3.8, 4) is 0 Å². The summed E-state index contributed by atoms with van der Waals surface area (Å²) in [4.78, 5) is 21.1. The monoisotopic (exact) mass is 524 g/mol. The third-order valence-electron chi connectivity index (χ3n) is 9.47. The molecule has 206 valence electrons. The molecule has 2 aliphatic heterocycles. The molecule has 4 rings (SSSR count). The van der Waals surface area contributed by atoms with Crippen LogP contribution in [0.4, 0.5) is 11.4 Å². The van der Waals surface area contributed by atoms with Crippen molar-refractivity contribution >= 4 is 11.4 Å². The molecular weight excluding hydrogens is 480 g/mol. The first-order valence-corrected chi connectivity index (χ1v) is 14.3. The molecule has 0 aromatic heterocycles. The van der Waals surface area contributed by atoms with Crippen molar-refractivity contribution < 1.29 is 18.8 Å². The number of quaternary nitrogens is 2. The van der Waals surface area contributed by atoms with Gasteiger partial charge in [0.05, 0.1) is 63.2 Å². The van der Waals surface area contributed by atoms with Gasteiger partial charge in [0.1, 0.15) is 0 Å². The minimum atomic E-state index is -0.335. The van der Waals surface area contributed by atoms with Crippen LogP contribution in [-0.4, -0.2) is 72.2 Å². The van der Waals surface area contributed by atoms with Crippen LogP contribution in [-0.2, 0) is 12.8 Å². The summed E-state index contributed by atoms with van der Waals surface area (Å²) in [6, 6.07) is 14.1. The third kappa shape index (κ3) is 7.84. The SMILES string of the molecule is C[N+]1(CCc2ccc([N+](=O)[O-])cc2)CCC(CCC2CC[N+](C)(CCc3ccc([N+](=O)[O-])cc3)CC2)CC1. The maximum absolute atomic E-state index is 10.9. The van der Waals surface area contributed by atoms with Gasteiger partial charge in [-0.25, -0.2) is 0 Å². The van der Waals surface area contributed by atoms with E-state index in [1.54, 1.807) is 24.3 Å². The smallest absolute Gasteiger partial charge is 0.269 e. The Kier molecular flexibility index (Phi) is 9.15. The largest absolute Gasteiger partial charge is 0.326 e. The van der Waals surface area contributed by atoms with E-state index in [2.05, 4.69) is 14.1 Å². The van der Waals surface area contributed by atoms with E-state index in [9.17, 15) is 20.2 Å². The minimum absolute atomic E-state index is 0.166. The zero-order valence-corrected chi connectivity index (χ0v) is 23.1. The highest BCUT2D eigenvalue weighted by Gasteiger charge is 2.32. The van der Waals surface area contributed by atoms with Gasteiger partial charge in [0.2, 0.25) is 0 Å². The highest BCUT2D eigenvalue weighted by atomic mass is 16.6. The predicted octanol–water partition coefficient (Wildman–Crippen LogP) is 5.78. The van der Waals surface area contributed by atoms with Gasteiger partial charge in [-0.3, -0.25) is 20.2 Å². The van der Waals surface area contributed by atoms with Crippen LogP contribution in [0.5, 0.6) is 0 Å². The number of nitrogens with zero attached hydrogens (tertiary/aromatic N) is 4. The van der Waals surface area contributed by atoms with Crippen molar-refractivity contribution in [2.75, 3.05) is 53.4 Å². The molecule has 0 spiro atoms. The van der Waals surface area contributed by atoms with E-state index >= 15 is 0 Å². The first kappa shape index (κ1) is 28.2. The summed E-state index contributed by atoms with van der Waals surface area (Å²) in [6.07, 6.45) is 9.92. The molecule has 8 heteroatoms. The second-order valence-corrected chi connectivity index (χ2v) is 12.4.